The van der Waals surface area contributed by atoms with E-state index in [4.69, 9.17) is 0 Å². The van der Waals surface area contributed by atoms with Gasteiger partial charge in [-0.3, -0.25) is 19.2 Å². The van der Waals surface area contributed by atoms with Crippen molar-refractivity contribution in [3.8, 4) is 0 Å². The molecule has 2 atom stereocenters. The van der Waals surface area contributed by atoms with E-state index < -0.39 is 29.4 Å². The Hall–Kier alpha value is -2.39. The molecule has 2 unspecified atom stereocenters. The largest absolute Gasteiger partial charge is 1.00 e. The molecule has 7 nitrogen and oxygen atoms in total. The smallest absolute Gasteiger partial charge is 0.550 e. The molecule has 0 heterocycles. The molecule has 9 heteroatoms. The number of carboxylic acid groups (broad SMARTS) is 1. The summed E-state index contributed by atoms with van der Waals surface area (Å²) >= 11 is 3.18. The van der Waals surface area contributed by atoms with Gasteiger partial charge in [0, 0.05) is 53.1 Å². The number of Topliss-reactive ketones (excluding diaryl/α,β-unsaturated/α-hetero) is 2. The number of carboxylic acids is 1. The number of ketones is 4. The number of allylic oxidation sites excluding steroid dienone is 7. The van der Waals surface area contributed by atoms with Crippen LogP contribution in [0.25, 0.3) is 0 Å². The first-order valence-corrected chi connectivity index (χ1v) is 10.4. The molecule has 0 spiro atoms. The van der Waals surface area contributed by atoms with Crippen LogP contribution in [0, 0.1) is 0 Å². The SMILES string of the molecule is O=C([O-])CCNC1=C(Br)C(=O)C2=C(C1=O)C1C3=C(C(=O)C=CC3=O)C2c2ccccc21.[Na+]. The number of benzene rings is 1. The van der Waals surface area contributed by atoms with Crippen LogP contribution in [-0.4, -0.2) is 35.6 Å². The molecule has 154 valence electrons. The van der Waals surface area contributed by atoms with E-state index in [1.165, 1.54) is 12.2 Å². The molecule has 32 heavy (non-hydrogen) atoms. The topological polar surface area (TPSA) is 120 Å². The molecule has 0 saturated carbocycles. The third-order valence-electron chi connectivity index (χ3n) is 6.04. The predicted molar refractivity (Wildman–Crippen MR) is 109 cm³/mol. The molecule has 1 N–H and O–H groups in total. The molecule has 5 aliphatic carbocycles. The second kappa shape index (κ2) is 8.19. The molecular weight excluding hydrogens is 489 g/mol. The summed E-state index contributed by atoms with van der Waals surface area (Å²) in [5, 5.41) is 13.5. The Bertz CT molecular complexity index is 1280. The fraction of sp³-hybridized carbons (Fsp3) is 0.174. The van der Waals surface area contributed by atoms with Crippen LogP contribution in [0.3, 0.4) is 0 Å². The number of halogens is 1. The summed E-state index contributed by atoms with van der Waals surface area (Å²) in [5.74, 6) is -4.59. The van der Waals surface area contributed by atoms with Crippen molar-refractivity contribution >= 4 is 45.0 Å². The van der Waals surface area contributed by atoms with Gasteiger partial charge in [0.1, 0.15) is 5.70 Å². The normalized spacial score (nSPS) is 23.2. The molecule has 0 aliphatic heterocycles. The van der Waals surface area contributed by atoms with Gasteiger partial charge < -0.3 is 15.2 Å². The fourth-order valence-electron chi connectivity index (χ4n) is 4.87. The number of rotatable bonds is 4. The Kier molecular flexibility index (Phi) is 5.83. The maximum Gasteiger partial charge on any atom is 1.00 e. The van der Waals surface area contributed by atoms with Crippen molar-refractivity contribution in [3.63, 3.8) is 0 Å². The Morgan fingerprint density at radius 2 is 1.38 bits per heavy atom. The summed E-state index contributed by atoms with van der Waals surface area (Å²) in [7, 11) is 0. The van der Waals surface area contributed by atoms with Gasteiger partial charge in [0.25, 0.3) is 0 Å². The minimum atomic E-state index is -1.29. The van der Waals surface area contributed by atoms with Gasteiger partial charge in [-0.05, 0) is 39.2 Å². The maximum atomic E-state index is 13.5. The Labute approximate surface area is 212 Å². The van der Waals surface area contributed by atoms with Gasteiger partial charge in [0.05, 0.1) is 4.48 Å². The van der Waals surface area contributed by atoms with Gasteiger partial charge in [-0.15, -0.1) is 0 Å². The standard InChI is InChI=1S/C23H14BrNO6.Na/c24-20-21(25-8-7-13(28)29)23(31)19-15-10-4-2-1-3-9(10)14(18(19)22(20)30)16-11(26)5-6-12(27)17(15)16;/h1-6,14-15,25H,7-8H2,(H,28,29);/q;+1/p-1. The second-order valence-electron chi connectivity index (χ2n) is 7.61. The maximum absolute atomic E-state index is 13.5. The van der Waals surface area contributed by atoms with Crippen LogP contribution in [0.5, 0.6) is 0 Å². The first kappa shape index (κ1) is 22.8. The Balaban J connectivity index is 0.00000245. The van der Waals surface area contributed by atoms with E-state index in [9.17, 15) is 29.1 Å². The van der Waals surface area contributed by atoms with Crippen LogP contribution in [0.15, 0.2) is 68.9 Å². The summed E-state index contributed by atoms with van der Waals surface area (Å²) in [6.45, 7) is -0.104. The van der Waals surface area contributed by atoms with Gasteiger partial charge in [0.15, 0.2) is 17.3 Å². The van der Waals surface area contributed by atoms with Crippen LogP contribution in [0.2, 0.25) is 0 Å². The van der Waals surface area contributed by atoms with Gasteiger partial charge >= 0.3 is 29.6 Å². The summed E-state index contributed by atoms with van der Waals surface area (Å²) in [5.41, 5.74) is 2.26. The van der Waals surface area contributed by atoms with E-state index in [-0.39, 0.29) is 86.6 Å². The van der Waals surface area contributed by atoms with Crippen molar-refractivity contribution in [2.24, 2.45) is 0 Å². The molecule has 2 bridgehead atoms. The molecule has 1 aromatic carbocycles. The number of nitrogens with one attached hydrogen (secondary N) is 1. The molecule has 0 saturated heterocycles. The van der Waals surface area contributed by atoms with Crippen molar-refractivity contribution in [1.82, 2.24) is 5.32 Å². The minimum Gasteiger partial charge on any atom is -0.550 e. The molecule has 0 aromatic heterocycles. The van der Waals surface area contributed by atoms with Crippen LogP contribution < -0.4 is 40.0 Å². The second-order valence-corrected chi connectivity index (χ2v) is 8.40. The van der Waals surface area contributed by atoms with Gasteiger partial charge in [-0.1, -0.05) is 24.3 Å². The Morgan fingerprint density at radius 3 is 1.88 bits per heavy atom. The van der Waals surface area contributed by atoms with Crippen LogP contribution in [-0.2, 0) is 24.0 Å². The Morgan fingerprint density at radius 1 is 0.875 bits per heavy atom. The van der Waals surface area contributed by atoms with Crippen molar-refractivity contribution < 1.29 is 58.6 Å². The molecular formula is C23H13BrNNaO6. The number of hydrogen-bond acceptors (Lipinski definition) is 7. The third kappa shape index (κ3) is 3.08. The number of aliphatic carboxylic acids is 1. The van der Waals surface area contributed by atoms with Crippen molar-refractivity contribution in [2.45, 2.75) is 18.3 Å². The quantitative estimate of drug-likeness (QED) is 0.363. The zero-order valence-electron chi connectivity index (χ0n) is 16.9. The predicted octanol–water partition coefficient (Wildman–Crippen LogP) is -2.33. The zero-order chi connectivity index (χ0) is 22.0. The van der Waals surface area contributed by atoms with E-state index in [2.05, 4.69) is 21.2 Å². The van der Waals surface area contributed by atoms with Crippen LogP contribution in [0.4, 0.5) is 0 Å². The van der Waals surface area contributed by atoms with Crippen molar-refractivity contribution in [3.05, 3.63) is 80.0 Å². The van der Waals surface area contributed by atoms with E-state index >= 15 is 0 Å². The van der Waals surface area contributed by atoms with Crippen LogP contribution >= 0.6 is 15.9 Å². The van der Waals surface area contributed by atoms with Gasteiger partial charge in [-0.25, -0.2) is 0 Å². The van der Waals surface area contributed by atoms with Crippen LogP contribution in [0.1, 0.15) is 29.4 Å². The van der Waals surface area contributed by atoms with E-state index in [0.29, 0.717) is 0 Å². The van der Waals surface area contributed by atoms with Gasteiger partial charge in [-0.2, -0.15) is 0 Å². The van der Waals surface area contributed by atoms with E-state index in [1.807, 2.05) is 0 Å². The third-order valence-corrected chi connectivity index (χ3v) is 6.79. The molecule has 5 aliphatic rings. The first-order valence-electron chi connectivity index (χ1n) is 9.59. The van der Waals surface area contributed by atoms with E-state index in [1.54, 1.807) is 24.3 Å². The van der Waals surface area contributed by atoms with Gasteiger partial charge in [0.2, 0.25) is 5.78 Å². The fourth-order valence-corrected chi connectivity index (χ4v) is 5.40. The molecule has 0 fully saturated rings. The monoisotopic (exact) mass is 501 g/mol. The summed E-state index contributed by atoms with van der Waals surface area (Å²) < 4.78 is -0.0214. The van der Waals surface area contributed by atoms with Crippen molar-refractivity contribution in [1.29, 1.82) is 0 Å². The average Bonchev–Trinajstić information content (AvgIpc) is 2.76. The molecule has 0 amide bonds. The number of carbonyl (C=O) groups is 5. The first-order chi connectivity index (χ1) is 14.8. The van der Waals surface area contributed by atoms with Crippen molar-refractivity contribution in [2.75, 3.05) is 6.54 Å². The van der Waals surface area contributed by atoms with E-state index in [0.717, 1.165) is 11.1 Å². The number of carbonyl (C=O) groups excluding carboxylic acids is 5. The molecule has 1 aromatic rings. The summed E-state index contributed by atoms with van der Waals surface area (Å²) in [4.78, 5) is 63.2. The average molecular weight is 502 g/mol. The molecule has 6 rings (SSSR count). The molecule has 0 radical (unpaired) electrons. The zero-order valence-corrected chi connectivity index (χ0v) is 20.4. The summed E-state index contributed by atoms with van der Waals surface area (Å²) in [6.07, 6.45) is 2.06. The summed E-state index contributed by atoms with van der Waals surface area (Å²) in [6, 6.07) is 7.17. The number of hydrogen-bond donors (Lipinski definition) is 1. The minimum absolute atomic E-state index is 0.